The molecule has 0 saturated heterocycles. The normalized spacial score (nSPS) is 10.8. The van der Waals surface area contributed by atoms with Crippen LogP contribution in [0.3, 0.4) is 0 Å². The molecule has 0 fully saturated rings. The number of methoxy groups -OCH3 is 1. The molecule has 0 amide bonds. The fourth-order valence-electron chi connectivity index (χ4n) is 2.59. The lowest BCUT2D eigenvalue weighted by atomic mass is 10.1. The van der Waals surface area contributed by atoms with Gasteiger partial charge in [0, 0.05) is 5.56 Å². The average Bonchev–Trinajstić information content (AvgIpc) is 3.06. The molecule has 0 saturated carbocycles. The summed E-state index contributed by atoms with van der Waals surface area (Å²) >= 11 is 1.72. The van der Waals surface area contributed by atoms with Gasteiger partial charge in [-0.25, -0.2) is 4.98 Å². The van der Waals surface area contributed by atoms with Crippen LogP contribution >= 0.6 is 11.3 Å². The fraction of sp³-hybridized carbons (Fsp3) is 0.0500. The molecule has 1 aromatic heterocycles. The first-order valence-electron chi connectivity index (χ1n) is 7.44. The Morgan fingerprint density at radius 1 is 0.783 bits per heavy atom. The maximum Gasteiger partial charge on any atom is 0.124 e. The van der Waals surface area contributed by atoms with Gasteiger partial charge in [0.1, 0.15) is 10.8 Å². The molecule has 3 heteroatoms. The molecular formula is C20H15NOS. The number of aromatic nitrogens is 1. The summed E-state index contributed by atoms with van der Waals surface area (Å²) in [6.45, 7) is 0. The van der Waals surface area contributed by atoms with Gasteiger partial charge in [0.15, 0.2) is 0 Å². The lowest BCUT2D eigenvalue weighted by Gasteiger charge is -2.00. The van der Waals surface area contributed by atoms with Crippen LogP contribution < -0.4 is 4.74 Å². The minimum atomic E-state index is 0.862. The van der Waals surface area contributed by atoms with Crippen LogP contribution in [-0.2, 0) is 0 Å². The molecule has 0 radical (unpaired) electrons. The van der Waals surface area contributed by atoms with Crippen LogP contribution in [0.15, 0.2) is 72.8 Å². The number of hydrogen-bond donors (Lipinski definition) is 0. The zero-order valence-electron chi connectivity index (χ0n) is 12.7. The Kier molecular flexibility index (Phi) is 3.56. The highest BCUT2D eigenvalue weighted by atomic mass is 32.1. The summed E-state index contributed by atoms with van der Waals surface area (Å²) < 4.78 is 6.42. The van der Waals surface area contributed by atoms with Gasteiger partial charge in [0.25, 0.3) is 0 Å². The van der Waals surface area contributed by atoms with Crippen molar-refractivity contribution in [3.63, 3.8) is 0 Å². The van der Waals surface area contributed by atoms with Crippen LogP contribution in [0.2, 0.25) is 0 Å². The van der Waals surface area contributed by atoms with Crippen molar-refractivity contribution in [1.82, 2.24) is 4.98 Å². The summed E-state index contributed by atoms with van der Waals surface area (Å²) in [6, 6.07) is 24.9. The van der Waals surface area contributed by atoms with Crippen molar-refractivity contribution in [1.29, 1.82) is 0 Å². The van der Waals surface area contributed by atoms with Gasteiger partial charge >= 0.3 is 0 Å². The monoisotopic (exact) mass is 317 g/mol. The first kappa shape index (κ1) is 14.0. The Labute approximate surface area is 139 Å². The van der Waals surface area contributed by atoms with Gasteiger partial charge < -0.3 is 4.74 Å². The predicted octanol–water partition coefficient (Wildman–Crippen LogP) is 5.64. The molecule has 112 valence electrons. The fourth-order valence-corrected chi connectivity index (χ4v) is 3.60. The summed E-state index contributed by atoms with van der Waals surface area (Å²) in [5.41, 5.74) is 4.62. The van der Waals surface area contributed by atoms with Crippen molar-refractivity contribution in [3.8, 4) is 27.4 Å². The second kappa shape index (κ2) is 5.86. The molecule has 0 aliphatic rings. The van der Waals surface area contributed by atoms with Gasteiger partial charge in [-0.3, -0.25) is 0 Å². The first-order valence-corrected chi connectivity index (χ1v) is 8.25. The topological polar surface area (TPSA) is 22.1 Å². The third-order valence-corrected chi connectivity index (χ3v) is 4.90. The molecule has 0 spiro atoms. The first-order chi connectivity index (χ1) is 11.3. The highest BCUT2D eigenvalue weighted by molar-refractivity contribution is 7.21. The molecule has 0 bridgehead atoms. The Balaban J connectivity index is 1.75. The molecule has 4 rings (SSSR count). The lowest BCUT2D eigenvalue weighted by molar-refractivity contribution is 0.415. The quantitative estimate of drug-likeness (QED) is 0.488. The molecule has 1 heterocycles. The van der Waals surface area contributed by atoms with Crippen molar-refractivity contribution in [2.24, 2.45) is 0 Å². The Morgan fingerprint density at radius 3 is 2.26 bits per heavy atom. The van der Waals surface area contributed by atoms with Gasteiger partial charge in [0.05, 0.1) is 17.3 Å². The van der Waals surface area contributed by atoms with Crippen LogP contribution in [0, 0.1) is 0 Å². The molecule has 23 heavy (non-hydrogen) atoms. The van der Waals surface area contributed by atoms with Crippen LogP contribution in [0.1, 0.15) is 0 Å². The van der Waals surface area contributed by atoms with E-state index in [1.807, 2.05) is 18.2 Å². The van der Waals surface area contributed by atoms with Gasteiger partial charge in [-0.05, 0) is 47.5 Å². The van der Waals surface area contributed by atoms with Crippen LogP contribution in [0.25, 0.3) is 31.9 Å². The van der Waals surface area contributed by atoms with E-state index in [0.29, 0.717) is 0 Å². The highest BCUT2D eigenvalue weighted by Crippen LogP contribution is 2.33. The molecule has 0 atom stereocenters. The molecule has 2 nitrogen and oxygen atoms in total. The van der Waals surface area contributed by atoms with E-state index in [4.69, 9.17) is 9.72 Å². The minimum absolute atomic E-state index is 0.862. The molecule has 0 aliphatic heterocycles. The Morgan fingerprint density at radius 2 is 1.52 bits per heavy atom. The number of nitrogens with zero attached hydrogens (tertiary/aromatic N) is 1. The van der Waals surface area contributed by atoms with Crippen molar-refractivity contribution < 1.29 is 4.74 Å². The van der Waals surface area contributed by atoms with Crippen LogP contribution in [-0.4, -0.2) is 12.1 Å². The summed E-state index contributed by atoms with van der Waals surface area (Å²) in [6.07, 6.45) is 0. The molecule has 0 N–H and O–H groups in total. The van der Waals surface area contributed by atoms with Crippen molar-refractivity contribution in [2.75, 3.05) is 7.11 Å². The summed E-state index contributed by atoms with van der Waals surface area (Å²) in [5, 5.41) is 1.04. The number of benzene rings is 3. The van der Waals surface area contributed by atoms with E-state index in [9.17, 15) is 0 Å². The van der Waals surface area contributed by atoms with Crippen LogP contribution in [0.5, 0.6) is 5.75 Å². The van der Waals surface area contributed by atoms with E-state index in [-0.39, 0.29) is 0 Å². The molecule has 3 aromatic carbocycles. The predicted molar refractivity (Wildman–Crippen MR) is 97.0 cm³/mol. The average molecular weight is 317 g/mol. The van der Waals surface area contributed by atoms with Crippen molar-refractivity contribution >= 4 is 21.6 Å². The van der Waals surface area contributed by atoms with Crippen molar-refractivity contribution in [3.05, 3.63) is 72.8 Å². The number of ether oxygens (including phenoxy) is 1. The number of fused-ring (bicyclic) bond motifs is 1. The Hall–Kier alpha value is -2.65. The zero-order valence-corrected chi connectivity index (χ0v) is 13.5. The van der Waals surface area contributed by atoms with E-state index in [0.717, 1.165) is 21.8 Å². The minimum Gasteiger partial charge on any atom is -0.497 e. The van der Waals surface area contributed by atoms with Gasteiger partial charge in [-0.1, -0.05) is 36.4 Å². The van der Waals surface area contributed by atoms with Gasteiger partial charge in [-0.2, -0.15) is 0 Å². The van der Waals surface area contributed by atoms with E-state index in [2.05, 4.69) is 54.6 Å². The van der Waals surface area contributed by atoms with Crippen molar-refractivity contribution in [2.45, 2.75) is 0 Å². The lowest BCUT2D eigenvalue weighted by Crippen LogP contribution is -1.82. The summed E-state index contributed by atoms with van der Waals surface area (Å²) in [5.74, 6) is 0.862. The zero-order chi connectivity index (χ0) is 15.6. The summed E-state index contributed by atoms with van der Waals surface area (Å²) in [7, 11) is 1.68. The Bertz CT molecular complexity index is 942. The van der Waals surface area contributed by atoms with E-state index < -0.39 is 0 Å². The van der Waals surface area contributed by atoms with E-state index >= 15 is 0 Å². The van der Waals surface area contributed by atoms with Gasteiger partial charge in [-0.15, -0.1) is 11.3 Å². The van der Waals surface area contributed by atoms with Gasteiger partial charge in [0.2, 0.25) is 0 Å². The molecule has 4 aromatic rings. The largest absolute Gasteiger partial charge is 0.497 e. The standard InChI is InChI=1S/C20H15NOS/c1-22-17-10-7-15(8-11-17)20-21-18-12-9-16(13-19(18)23-20)14-5-3-2-4-6-14/h2-13H,1H3. The summed E-state index contributed by atoms with van der Waals surface area (Å²) in [4.78, 5) is 4.75. The third-order valence-electron chi connectivity index (χ3n) is 3.83. The second-order valence-corrected chi connectivity index (χ2v) is 6.33. The molecular weight excluding hydrogens is 302 g/mol. The second-order valence-electron chi connectivity index (χ2n) is 5.30. The number of hydrogen-bond acceptors (Lipinski definition) is 3. The maximum absolute atomic E-state index is 5.21. The number of thiazole rings is 1. The third kappa shape index (κ3) is 2.71. The SMILES string of the molecule is COc1ccc(-c2nc3ccc(-c4ccccc4)cc3s2)cc1. The molecule has 0 aliphatic carbocycles. The highest BCUT2D eigenvalue weighted by Gasteiger charge is 2.08. The van der Waals surface area contributed by atoms with E-state index in [1.54, 1.807) is 18.4 Å². The number of rotatable bonds is 3. The smallest absolute Gasteiger partial charge is 0.124 e. The van der Waals surface area contributed by atoms with Crippen LogP contribution in [0.4, 0.5) is 0 Å². The maximum atomic E-state index is 5.21. The molecule has 0 unspecified atom stereocenters. The van der Waals surface area contributed by atoms with E-state index in [1.165, 1.54) is 15.8 Å².